The zero-order valence-corrected chi connectivity index (χ0v) is 12.9. The second-order valence-corrected chi connectivity index (χ2v) is 5.56. The fraction of sp³-hybridized carbons (Fsp3) is 0.111. The van der Waals surface area contributed by atoms with Crippen LogP contribution in [0.5, 0.6) is 5.88 Å². The Bertz CT molecular complexity index is 976. The van der Waals surface area contributed by atoms with Crippen LogP contribution in [0.25, 0.3) is 11.3 Å². The van der Waals surface area contributed by atoms with Gasteiger partial charge in [-0.15, -0.1) is 5.10 Å². The number of benzene rings is 1. The normalized spacial score (nSPS) is 16.4. The molecule has 3 aromatic rings. The Kier molecular flexibility index (Phi) is 3.14. The van der Waals surface area contributed by atoms with E-state index < -0.39 is 5.92 Å². The lowest BCUT2D eigenvalue weighted by molar-refractivity contribution is 0.371. The van der Waals surface area contributed by atoms with Crippen molar-refractivity contribution in [1.29, 1.82) is 5.26 Å². The summed E-state index contributed by atoms with van der Waals surface area (Å²) in [5.74, 6) is 1.36. The van der Waals surface area contributed by atoms with Gasteiger partial charge in [-0.1, -0.05) is 30.3 Å². The number of nitrogens with two attached hydrogens (primary N) is 1. The van der Waals surface area contributed by atoms with E-state index >= 15 is 0 Å². The topological polar surface area (TPSA) is 101 Å². The van der Waals surface area contributed by atoms with Crippen molar-refractivity contribution in [2.75, 3.05) is 0 Å². The Labute approximate surface area is 138 Å². The number of aromatic nitrogens is 2. The smallest absolute Gasteiger partial charge is 0.244 e. The molecule has 1 aromatic carbocycles. The molecule has 0 radical (unpaired) electrons. The van der Waals surface area contributed by atoms with Crippen LogP contribution in [0.2, 0.25) is 0 Å². The highest BCUT2D eigenvalue weighted by molar-refractivity contribution is 5.59. The van der Waals surface area contributed by atoms with Crippen LogP contribution in [0, 0.1) is 18.3 Å². The van der Waals surface area contributed by atoms with E-state index in [4.69, 9.17) is 14.9 Å². The maximum atomic E-state index is 9.53. The molecular weight excluding hydrogens is 304 g/mol. The van der Waals surface area contributed by atoms with Crippen LogP contribution in [0.4, 0.5) is 0 Å². The largest absolute Gasteiger partial charge is 0.460 e. The molecule has 118 valence electrons. The number of rotatable bonds is 2. The number of fused-ring (bicyclic) bond motifs is 1. The fourth-order valence-corrected chi connectivity index (χ4v) is 2.95. The summed E-state index contributed by atoms with van der Waals surface area (Å²) in [7, 11) is 0. The summed E-state index contributed by atoms with van der Waals surface area (Å²) in [6.45, 7) is 1.87. The molecule has 3 N–H and O–H groups in total. The SMILES string of the molecule is Cc1[nH]nc2c1[C@H](c1ccc(-c3ccccc3)o1)C(C#N)=C(N)O2. The molecule has 2 aromatic heterocycles. The molecule has 3 heterocycles. The van der Waals surface area contributed by atoms with Crippen LogP contribution >= 0.6 is 0 Å². The average molecular weight is 318 g/mol. The molecule has 1 aliphatic rings. The number of nitrogens with one attached hydrogen (secondary N) is 1. The Morgan fingerprint density at radius 3 is 2.75 bits per heavy atom. The van der Waals surface area contributed by atoms with Gasteiger partial charge in [0.15, 0.2) is 0 Å². The summed E-state index contributed by atoms with van der Waals surface area (Å²) in [5.41, 5.74) is 8.77. The molecule has 6 nitrogen and oxygen atoms in total. The maximum absolute atomic E-state index is 9.53. The quantitative estimate of drug-likeness (QED) is 0.755. The minimum atomic E-state index is -0.435. The third-order valence-electron chi connectivity index (χ3n) is 4.10. The Morgan fingerprint density at radius 2 is 2.00 bits per heavy atom. The molecule has 0 unspecified atom stereocenters. The first-order valence-corrected chi connectivity index (χ1v) is 7.46. The molecular formula is C18H14N4O2. The van der Waals surface area contributed by atoms with Crippen molar-refractivity contribution in [3.8, 4) is 23.3 Å². The van der Waals surface area contributed by atoms with Gasteiger partial charge < -0.3 is 14.9 Å². The predicted octanol–water partition coefficient (Wildman–Crippen LogP) is 3.20. The molecule has 1 atom stereocenters. The summed E-state index contributed by atoms with van der Waals surface area (Å²) in [5, 5.41) is 16.5. The van der Waals surface area contributed by atoms with Gasteiger partial charge in [0.05, 0.1) is 11.5 Å². The second kappa shape index (κ2) is 5.32. The third-order valence-corrected chi connectivity index (χ3v) is 4.10. The van der Waals surface area contributed by atoms with Gasteiger partial charge in [0.2, 0.25) is 11.8 Å². The lowest BCUT2D eigenvalue weighted by Gasteiger charge is -2.21. The number of hydrogen-bond acceptors (Lipinski definition) is 5. The summed E-state index contributed by atoms with van der Waals surface area (Å²) in [4.78, 5) is 0. The van der Waals surface area contributed by atoms with Crippen molar-refractivity contribution in [2.45, 2.75) is 12.8 Å². The van der Waals surface area contributed by atoms with E-state index in [9.17, 15) is 5.26 Å². The van der Waals surface area contributed by atoms with Gasteiger partial charge in [-0.2, -0.15) is 5.26 Å². The van der Waals surface area contributed by atoms with E-state index in [1.165, 1.54) is 0 Å². The second-order valence-electron chi connectivity index (χ2n) is 5.56. The summed E-state index contributed by atoms with van der Waals surface area (Å²) >= 11 is 0. The number of ether oxygens (including phenoxy) is 1. The molecule has 0 saturated heterocycles. The van der Waals surface area contributed by atoms with Crippen LogP contribution in [-0.2, 0) is 0 Å². The van der Waals surface area contributed by atoms with Crippen molar-refractivity contribution in [3.05, 3.63) is 70.9 Å². The standard InChI is InChI=1S/C18H14N4O2/c1-10-15-16(12(9-19)17(20)24-18(15)22-21-10)14-8-7-13(23-14)11-5-3-2-4-6-11/h2-8,16H,20H2,1H3,(H,21,22)/t16-/m0/s1. The molecule has 0 aliphatic carbocycles. The molecule has 4 rings (SSSR count). The molecule has 0 fully saturated rings. The molecule has 1 aliphatic heterocycles. The van der Waals surface area contributed by atoms with E-state index in [0.29, 0.717) is 17.2 Å². The molecule has 0 saturated carbocycles. The van der Waals surface area contributed by atoms with Crippen LogP contribution in [0.3, 0.4) is 0 Å². The highest BCUT2D eigenvalue weighted by atomic mass is 16.5. The number of allylic oxidation sites excluding steroid dienone is 1. The first-order chi connectivity index (χ1) is 11.7. The van der Waals surface area contributed by atoms with Crippen molar-refractivity contribution < 1.29 is 9.15 Å². The Hall–Kier alpha value is -3.46. The van der Waals surface area contributed by atoms with Gasteiger partial charge in [0.25, 0.3) is 0 Å². The minimum Gasteiger partial charge on any atom is -0.460 e. The van der Waals surface area contributed by atoms with Crippen LogP contribution in [0.1, 0.15) is 22.9 Å². The van der Waals surface area contributed by atoms with Crippen LogP contribution < -0.4 is 10.5 Å². The third kappa shape index (κ3) is 2.07. The molecule has 0 spiro atoms. The Morgan fingerprint density at radius 1 is 1.21 bits per heavy atom. The summed E-state index contributed by atoms with van der Waals surface area (Å²) in [6, 6.07) is 15.7. The van der Waals surface area contributed by atoms with Crippen molar-refractivity contribution >= 4 is 0 Å². The number of aromatic amines is 1. The first-order valence-electron chi connectivity index (χ1n) is 7.46. The monoisotopic (exact) mass is 318 g/mol. The highest BCUT2D eigenvalue weighted by Crippen LogP contribution is 2.43. The number of H-pyrrole nitrogens is 1. The van der Waals surface area contributed by atoms with Crippen molar-refractivity contribution in [2.24, 2.45) is 5.73 Å². The fourth-order valence-electron chi connectivity index (χ4n) is 2.95. The van der Waals surface area contributed by atoms with Crippen molar-refractivity contribution in [3.63, 3.8) is 0 Å². The lowest BCUT2D eigenvalue weighted by atomic mass is 9.88. The number of nitriles is 1. The predicted molar refractivity (Wildman–Crippen MR) is 86.8 cm³/mol. The van der Waals surface area contributed by atoms with Crippen molar-refractivity contribution in [1.82, 2.24) is 10.2 Å². The van der Waals surface area contributed by atoms with Gasteiger partial charge >= 0.3 is 0 Å². The van der Waals surface area contributed by atoms with Gasteiger partial charge in [-0.05, 0) is 19.1 Å². The van der Waals surface area contributed by atoms with Gasteiger partial charge in [-0.3, -0.25) is 5.10 Å². The maximum Gasteiger partial charge on any atom is 0.244 e. The number of furan rings is 1. The molecule has 24 heavy (non-hydrogen) atoms. The zero-order chi connectivity index (χ0) is 16.7. The number of aryl methyl sites for hydroxylation is 1. The van der Waals surface area contributed by atoms with Crippen LogP contribution in [-0.4, -0.2) is 10.2 Å². The lowest BCUT2D eigenvalue weighted by Crippen LogP contribution is -2.20. The summed E-state index contributed by atoms with van der Waals surface area (Å²) < 4.78 is 11.5. The molecule has 6 heteroatoms. The highest BCUT2D eigenvalue weighted by Gasteiger charge is 2.36. The Balaban J connectivity index is 1.85. The first kappa shape index (κ1) is 14.2. The average Bonchev–Trinajstić information content (AvgIpc) is 3.22. The van der Waals surface area contributed by atoms with E-state index in [2.05, 4.69) is 16.3 Å². The van der Waals surface area contributed by atoms with E-state index in [1.54, 1.807) is 0 Å². The van der Waals surface area contributed by atoms with Crippen LogP contribution in [0.15, 0.2) is 58.3 Å². The van der Waals surface area contributed by atoms with Gasteiger partial charge in [-0.25, -0.2) is 0 Å². The summed E-state index contributed by atoms with van der Waals surface area (Å²) in [6.07, 6.45) is 0. The minimum absolute atomic E-state index is 0.0548. The van der Waals surface area contributed by atoms with E-state index in [1.807, 2.05) is 49.4 Å². The van der Waals surface area contributed by atoms with E-state index in [0.717, 1.165) is 22.6 Å². The number of nitrogens with zero attached hydrogens (tertiary/aromatic N) is 2. The number of hydrogen-bond donors (Lipinski definition) is 2. The van der Waals surface area contributed by atoms with Gasteiger partial charge in [0.1, 0.15) is 23.2 Å². The van der Waals surface area contributed by atoms with E-state index in [-0.39, 0.29) is 5.88 Å². The van der Waals surface area contributed by atoms with Gasteiger partial charge in [0, 0.05) is 11.3 Å². The molecule has 0 bridgehead atoms. The zero-order valence-electron chi connectivity index (χ0n) is 12.9. The molecule has 0 amide bonds.